The quantitative estimate of drug-likeness (QED) is 0.785. The van der Waals surface area contributed by atoms with Gasteiger partial charge in [0.15, 0.2) is 0 Å². The van der Waals surface area contributed by atoms with Crippen LogP contribution in [0.5, 0.6) is 0 Å². The number of hydrogen-bond donors (Lipinski definition) is 1. The predicted octanol–water partition coefficient (Wildman–Crippen LogP) is 3.80. The standard InChI is InChI=1S/C15H16N2OS/c1-10-7-17-15(19-10)9-16-8-13-11(2)18-14-6-4-3-5-12(13)14/h3-7,16H,8-9H2,1-2H3. The average molecular weight is 272 g/mol. The minimum Gasteiger partial charge on any atom is -0.461 e. The molecule has 1 aromatic carbocycles. The van der Waals surface area contributed by atoms with Crippen molar-refractivity contribution in [2.24, 2.45) is 0 Å². The van der Waals surface area contributed by atoms with Crippen molar-refractivity contribution in [3.8, 4) is 0 Å². The third-order valence-electron chi connectivity index (χ3n) is 3.15. The molecule has 19 heavy (non-hydrogen) atoms. The number of nitrogens with zero attached hydrogens (tertiary/aromatic N) is 1. The fourth-order valence-corrected chi connectivity index (χ4v) is 2.98. The number of hydrogen-bond acceptors (Lipinski definition) is 4. The summed E-state index contributed by atoms with van der Waals surface area (Å²) in [5, 5.41) is 5.76. The predicted molar refractivity (Wildman–Crippen MR) is 78.3 cm³/mol. The summed E-state index contributed by atoms with van der Waals surface area (Å²) in [5.74, 6) is 0.990. The first kappa shape index (κ1) is 12.4. The van der Waals surface area contributed by atoms with Gasteiger partial charge in [-0.05, 0) is 19.9 Å². The van der Waals surface area contributed by atoms with E-state index < -0.39 is 0 Å². The summed E-state index contributed by atoms with van der Waals surface area (Å²) in [6.45, 7) is 5.71. The summed E-state index contributed by atoms with van der Waals surface area (Å²) in [5.41, 5.74) is 2.20. The molecule has 0 unspecified atom stereocenters. The maximum Gasteiger partial charge on any atom is 0.134 e. The molecule has 0 bridgehead atoms. The lowest BCUT2D eigenvalue weighted by molar-refractivity contribution is 0.565. The zero-order chi connectivity index (χ0) is 13.2. The first-order chi connectivity index (χ1) is 9.24. The summed E-state index contributed by atoms with van der Waals surface area (Å²) in [6, 6.07) is 8.16. The van der Waals surface area contributed by atoms with Gasteiger partial charge in [-0.2, -0.15) is 0 Å². The van der Waals surface area contributed by atoms with E-state index >= 15 is 0 Å². The normalized spacial score (nSPS) is 11.3. The molecule has 0 atom stereocenters. The van der Waals surface area contributed by atoms with Gasteiger partial charge in [0.1, 0.15) is 16.4 Å². The van der Waals surface area contributed by atoms with Crippen LogP contribution in [0.4, 0.5) is 0 Å². The second kappa shape index (κ2) is 5.15. The lowest BCUT2D eigenvalue weighted by Crippen LogP contribution is -2.12. The van der Waals surface area contributed by atoms with E-state index in [9.17, 15) is 0 Å². The van der Waals surface area contributed by atoms with Crippen LogP contribution in [0.3, 0.4) is 0 Å². The van der Waals surface area contributed by atoms with E-state index in [1.165, 1.54) is 15.8 Å². The number of aryl methyl sites for hydroxylation is 2. The Labute approximate surface area is 116 Å². The van der Waals surface area contributed by atoms with Crippen molar-refractivity contribution in [2.45, 2.75) is 26.9 Å². The molecule has 3 aromatic rings. The lowest BCUT2D eigenvalue weighted by Gasteiger charge is -2.02. The van der Waals surface area contributed by atoms with Gasteiger partial charge in [-0.1, -0.05) is 18.2 Å². The summed E-state index contributed by atoms with van der Waals surface area (Å²) >= 11 is 1.74. The number of benzene rings is 1. The molecular formula is C15H16N2OS. The fraction of sp³-hybridized carbons (Fsp3) is 0.267. The number of aromatic nitrogens is 1. The van der Waals surface area contributed by atoms with Gasteiger partial charge in [0.2, 0.25) is 0 Å². The highest BCUT2D eigenvalue weighted by molar-refractivity contribution is 7.11. The second-order valence-corrected chi connectivity index (χ2v) is 5.92. The van der Waals surface area contributed by atoms with E-state index in [1.54, 1.807) is 11.3 Å². The van der Waals surface area contributed by atoms with Crippen LogP contribution in [0.2, 0.25) is 0 Å². The van der Waals surface area contributed by atoms with E-state index in [2.05, 4.69) is 23.3 Å². The minimum atomic E-state index is 0.803. The molecule has 0 aliphatic carbocycles. The van der Waals surface area contributed by atoms with Crippen LogP contribution < -0.4 is 5.32 Å². The highest BCUT2D eigenvalue weighted by Crippen LogP contribution is 2.25. The Kier molecular flexibility index (Phi) is 3.36. The molecule has 0 aliphatic rings. The molecule has 2 aromatic heterocycles. The van der Waals surface area contributed by atoms with E-state index in [-0.39, 0.29) is 0 Å². The molecular weight excluding hydrogens is 256 g/mol. The Morgan fingerprint density at radius 3 is 2.84 bits per heavy atom. The van der Waals surface area contributed by atoms with Gasteiger partial charge in [-0.3, -0.25) is 0 Å². The third kappa shape index (κ3) is 2.55. The molecule has 4 heteroatoms. The SMILES string of the molecule is Cc1cnc(CNCc2c(C)oc3ccccc23)s1. The smallest absolute Gasteiger partial charge is 0.134 e. The van der Waals surface area contributed by atoms with Crippen LogP contribution in [0.25, 0.3) is 11.0 Å². The van der Waals surface area contributed by atoms with Crippen LogP contribution in [-0.2, 0) is 13.1 Å². The highest BCUT2D eigenvalue weighted by atomic mass is 32.1. The Morgan fingerprint density at radius 1 is 1.21 bits per heavy atom. The van der Waals surface area contributed by atoms with Crippen LogP contribution in [0, 0.1) is 13.8 Å². The first-order valence-corrected chi connectivity index (χ1v) is 7.15. The zero-order valence-electron chi connectivity index (χ0n) is 11.1. The van der Waals surface area contributed by atoms with Crippen molar-refractivity contribution in [1.29, 1.82) is 0 Å². The number of thiazole rings is 1. The van der Waals surface area contributed by atoms with E-state index in [0.29, 0.717) is 0 Å². The van der Waals surface area contributed by atoms with E-state index in [1.807, 2.05) is 31.3 Å². The molecule has 3 nitrogen and oxygen atoms in total. The summed E-state index contributed by atoms with van der Waals surface area (Å²) in [6.07, 6.45) is 1.92. The number of nitrogens with one attached hydrogen (secondary N) is 1. The molecule has 98 valence electrons. The molecule has 0 fully saturated rings. The Balaban J connectivity index is 1.73. The van der Waals surface area contributed by atoms with Crippen molar-refractivity contribution < 1.29 is 4.42 Å². The van der Waals surface area contributed by atoms with Crippen molar-refractivity contribution in [3.63, 3.8) is 0 Å². The number of fused-ring (bicyclic) bond motifs is 1. The van der Waals surface area contributed by atoms with E-state index in [0.717, 1.165) is 29.4 Å². The lowest BCUT2D eigenvalue weighted by atomic mass is 10.1. The van der Waals surface area contributed by atoms with Crippen LogP contribution in [-0.4, -0.2) is 4.98 Å². The van der Waals surface area contributed by atoms with Gasteiger partial charge in [0.25, 0.3) is 0 Å². The van der Waals surface area contributed by atoms with Gasteiger partial charge in [-0.15, -0.1) is 11.3 Å². The molecule has 0 aliphatic heterocycles. The monoisotopic (exact) mass is 272 g/mol. The van der Waals surface area contributed by atoms with Gasteiger partial charge in [-0.25, -0.2) is 4.98 Å². The van der Waals surface area contributed by atoms with Crippen molar-refractivity contribution in [1.82, 2.24) is 10.3 Å². The second-order valence-electron chi connectivity index (χ2n) is 4.60. The fourth-order valence-electron chi connectivity index (χ4n) is 2.22. The van der Waals surface area contributed by atoms with Crippen molar-refractivity contribution in [3.05, 3.63) is 51.7 Å². The first-order valence-electron chi connectivity index (χ1n) is 6.33. The maximum absolute atomic E-state index is 5.75. The van der Waals surface area contributed by atoms with Gasteiger partial charge in [0, 0.05) is 35.1 Å². The molecule has 2 heterocycles. The number of furan rings is 1. The summed E-state index contributed by atoms with van der Waals surface area (Å²) < 4.78 is 5.75. The maximum atomic E-state index is 5.75. The van der Waals surface area contributed by atoms with E-state index in [4.69, 9.17) is 4.42 Å². The van der Waals surface area contributed by atoms with Crippen LogP contribution >= 0.6 is 11.3 Å². The molecule has 0 radical (unpaired) electrons. The average Bonchev–Trinajstić information content (AvgIpc) is 2.94. The van der Waals surface area contributed by atoms with Crippen molar-refractivity contribution in [2.75, 3.05) is 0 Å². The molecule has 1 N–H and O–H groups in total. The van der Waals surface area contributed by atoms with Crippen LogP contribution in [0.1, 0.15) is 21.2 Å². The largest absolute Gasteiger partial charge is 0.461 e. The zero-order valence-corrected chi connectivity index (χ0v) is 11.9. The number of rotatable bonds is 4. The summed E-state index contributed by atoms with van der Waals surface area (Å²) in [7, 11) is 0. The van der Waals surface area contributed by atoms with Gasteiger partial charge in [0.05, 0.1) is 0 Å². The van der Waals surface area contributed by atoms with Gasteiger partial charge >= 0.3 is 0 Å². The summed E-state index contributed by atoms with van der Waals surface area (Å²) in [4.78, 5) is 5.60. The topological polar surface area (TPSA) is 38.1 Å². The minimum absolute atomic E-state index is 0.803. The third-order valence-corrected chi connectivity index (χ3v) is 4.06. The molecule has 0 amide bonds. The Bertz CT molecular complexity index is 699. The number of para-hydroxylation sites is 1. The highest BCUT2D eigenvalue weighted by Gasteiger charge is 2.09. The molecule has 3 rings (SSSR count). The Morgan fingerprint density at radius 2 is 2.05 bits per heavy atom. The molecule has 0 spiro atoms. The molecule has 0 saturated carbocycles. The van der Waals surface area contributed by atoms with Crippen LogP contribution in [0.15, 0.2) is 34.9 Å². The van der Waals surface area contributed by atoms with Crippen molar-refractivity contribution >= 4 is 22.3 Å². The van der Waals surface area contributed by atoms with Gasteiger partial charge < -0.3 is 9.73 Å². The Hall–Kier alpha value is -1.65. The molecule has 0 saturated heterocycles.